The number of fused-ring (bicyclic) bond motifs is 2. The van der Waals surface area contributed by atoms with Gasteiger partial charge < -0.3 is 18.8 Å². The first-order valence-corrected chi connectivity index (χ1v) is 14.8. The summed E-state index contributed by atoms with van der Waals surface area (Å²) in [6.07, 6.45) is -1.59. The van der Waals surface area contributed by atoms with Gasteiger partial charge >= 0.3 is 0 Å². The Balaban J connectivity index is 1.47. The van der Waals surface area contributed by atoms with Crippen molar-refractivity contribution < 1.29 is 26.7 Å². The molecule has 11 nitrogen and oxygen atoms in total. The molecule has 2 unspecified atom stereocenters. The summed E-state index contributed by atoms with van der Waals surface area (Å²) < 4.78 is 69.3. The number of hydrogen-bond donors (Lipinski definition) is 1. The van der Waals surface area contributed by atoms with Crippen LogP contribution in [-0.4, -0.2) is 91.1 Å². The van der Waals surface area contributed by atoms with Crippen molar-refractivity contribution in [2.24, 2.45) is 0 Å². The Labute approximate surface area is 228 Å². The fraction of sp³-hybridized carbons (Fsp3) is 0.542. The van der Waals surface area contributed by atoms with E-state index in [1.807, 2.05) is 4.40 Å². The van der Waals surface area contributed by atoms with E-state index in [9.17, 15) is 22.5 Å². The zero-order valence-electron chi connectivity index (χ0n) is 21.3. The number of pyridine rings is 1. The number of nitriles is 1. The highest BCUT2D eigenvalue weighted by Crippen LogP contribution is 2.37. The quantitative estimate of drug-likeness (QED) is 0.468. The van der Waals surface area contributed by atoms with Crippen LogP contribution in [0.1, 0.15) is 25.3 Å². The number of anilines is 1. The maximum Gasteiger partial charge on any atom is 0.291 e. The minimum absolute atomic E-state index is 0.0488. The highest BCUT2D eigenvalue weighted by molar-refractivity contribution is 7.89. The number of nitrogens with one attached hydrogen (secondary N) is 1. The summed E-state index contributed by atoms with van der Waals surface area (Å²) in [6.45, 7) is 7.06. The summed E-state index contributed by atoms with van der Waals surface area (Å²) in [5.41, 5.74) is -0.412. The molecule has 0 bridgehead atoms. The zero-order chi connectivity index (χ0) is 27.5. The van der Waals surface area contributed by atoms with Crippen molar-refractivity contribution in [3.8, 4) is 16.6 Å². The molecule has 3 saturated heterocycles. The van der Waals surface area contributed by atoms with Gasteiger partial charge in [-0.25, -0.2) is 17.2 Å². The van der Waals surface area contributed by atoms with E-state index in [0.717, 1.165) is 17.9 Å². The van der Waals surface area contributed by atoms with Gasteiger partial charge in [0.2, 0.25) is 10.0 Å². The normalized spacial score (nSPS) is 27.9. The molecule has 3 aromatic heterocycles. The van der Waals surface area contributed by atoms with Crippen LogP contribution in [0, 0.1) is 11.3 Å². The lowest BCUT2D eigenvalue weighted by Crippen LogP contribution is -2.66. The Hall–Kier alpha value is -2.74. The number of alkyl halides is 2. The first kappa shape index (κ1) is 26.5. The molecule has 6 heterocycles. The number of sulfonamides is 1. The van der Waals surface area contributed by atoms with Crippen LogP contribution in [0.15, 0.2) is 29.3 Å². The van der Waals surface area contributed by atoms with Gasteiger partial charge in [0.25, 0.3) is 6.43 Å². The number of aromatic nitrogens is 3. The Morgan fingerprint density at radius 1 is 1.28 bits per heavy atom. The predicted molar refractivity (Wildman–Crippen MR) is 138 cm³/mol. The third-order valence-electron chi connectivity index (χ3n) is 7.74. The largest absolute Gasteiger partial charge is 0.378 e. The van der Waals surface area contributed by atoms with Crippen molar-refractivity contribution in [3.05, 3.63) is 29.4 Å². The standard InChI is InChI=1S/C24H27F2N7O4S2/c1-14-9-31(10-16-11-36-6-5-32(14)16)20-8-17(39(34,35)30-24(12-27)13-37-15(24)2)7-19-18(3-4-33(19)20)22-28-29-23(38-22)21(25)26/h3-4,7-8,14-16,21,30H,5-6,9-11,13H2,1-2H3/t14-,15?,16+,24?/m0/s1. The highest BCUT2D eigenvalue weighted by atomic mass is 32.2. The van der Waals surface area contributed by atoms with E-state index < -0.39 is 33.1 Å². The minimum atomic E-state index is -4.18. The maximum atomic E-state index is 13.7. The van der Waals surface area contributed by atoms with E-state index in [4.69, 9.17) is 9.47 Å². The van der Waals surface area contributed by atoms with Crippen LogP contribution in [0.5, 0.6) is 0 Å². The molecule has 208 valence electrons. The molecule has 0 saturated carbocycles. The summed E-state index contributed by atoms with van der Waals surface area (Å²) in [5, 5.41) is 17.1. The predicted octanol–water partition coefficient (Wildman–Crippen LogP) is 2.26. The van der Waals surface area contributed by atoms with E-state index in [1.54, 1.807) is 25.3 Å². The molecule has 0 amide bonds. The van der Waals surface area contributed by atoms with Gasteiger partial charge in [-0.3, -0.25) is 4.90 Å². The van der Waals surface area contributed by atoms with Crippen LogP contribution in [0.3, 0.4) is 0 Å². The Kier molecular flexibility index (Phi) is 6.60. The van der Waals surface area contributed by atoms with Crippen molar-refractivity contribution >= 4 is 32.7 Å². The third-order valence-corrected chi connectivity index (χ3v) is 10.2. The van der Waals surface area contributed by atoms with Crippen molar-refractivity contribution in [2.75, 3.05) is 44.4 Å². The fourth-order valence-electron chi connectivity index (χ4n) is 5.50. The molecule has 3 fully saturated rings. The number of rotatable bonds is 6. The third kappa shape index (κ3) is 4.48. The van der Waals surface area contributed by atoms with Crippen LogP contribution in [-0.2, 0) is 19.5 Å². The molecule has 4 atom stereocenters. The fourth-order valence-corrected chi connectivity index (χ4v) is 7.62. The number of halogens is 2. The summed E-state index contributed by atoms with van der Waals surface area (Å²) in [4.78, 5) is 4.48. The van der Waals surface area contributed by atoms with E-state index in [1.165, 1.54) is 6.07 Å². The number of piperazine rings is 1. The first-order chi connectivity index (χ1) is 18.6. The van der Waals surface area contributed by atoms with Crippen molar-refractivity contribution in [1.29, 1.82) is 5.26 Å². The molecule has 0 spiro atoms. The van der Waals surface area contributed by atoms with E-state index in [2.05, 4.69) is 37.7 Å². The molecule has 0 radical (unpaired) electrons. The lowest BCUT2D eigenvalue weighted by molar-refractivity contribution is -0.102. The van der Waals surface area contributed by atoms with Gasteiger partial charge in [-0.05, 0) is 32.0 Å². The second-order valence-corrected chi connectivity index (χ2v) is 12.8. The smallest absolute Gasteiger partial charge is 0.291 e. The van der Waals surface area contributed by atoms with Crippen molar-refractivity contribution in [3.63, 3.8) is 0 Å². The zero-order valence-corrected chi connectivity index (χ0v) is 22.9. The molecule has 6 rings (SSSR count). The summed E-state index contributed by atoms with van der Waals surface area (Å²) in [7, 11) is -4.18. The molecule has 1 N–H and O–H groups in total. The van der Waals surface area contributed by atoms with E-state index in [-0.39, 0.29) is 28.6 Å². The lowest BCUT2D eigenvalue weighted by atomic mass is 9.92. The summed E-state index contributed by atoms with van der Waals surface area (Å²) in [6, 6.07) is 7.17. The topological polar surface area (TPSA) is 125 Å². The van der Waals surface area contributed by atoms with Crippen LogP contribution in [0.2, 0.25) is 0 Å². The van der Waals surface area contributed by atoms with Gasteiger partial charge in [-0.15, -0.1) is 10.2 Å². The van der Waals surface area contributed by atoms with E-state index in [0.29, 0.717) is 43.2 Å². The maximum absolute atomic E-state index is 13.7. The summed E-state index contributed by atoms with van der Waals surface area (Å²) in [5.74, 6) is 0.624. The van der Waals surface area contributed by atoms with Crippen molar-refractivity contribution in [1.82, 2.24) is 24.2 Å². The molecule has 15 heteroatoms. The van der Waals surface area contributed by atoms with Gasteiger partial charge in [0.1, 0.15) is 10.8 Å². The van der Waals surface area contributed by atoms with Gasteiger partial charge in [-0.1, -0.05) is 11.3 Å². The minimum Gasteiger partial charge on any atom is -0.378 e. The molecule has 3 aliphatic heterocycles. The molecule has 3 aromatic rings. The van der Waals surface area contributed by atoms with Gasteiger partial charge in [0, 0.05) is 37.4 Å². The lowest BCUT2D eigenvalue weighted by Gasteiger charge is -2.48. The van der Waals surface area contributed by atoms with Crippen LogP contribution >= 0.6 is 11.3 Å². The van der Waals surface area contributed by atoms with Gasteiger partial charge in [-0.2, -0.15) is 9.98 Å². The number of hydrogen-bond acceptors (Lipinski definition) is 10. The van der Waals surface area contributed by atoms with Gasteiger partial charge in [0.05, 0.1) is 48.4 Å². The Bertz CT molecular complexity index is 1560. The average molecular weight is 580 g/mol. The molecule has 3 aliphatic rings. The van der Waals surface area contributed by atoms with Crippen LogP contribution in [0.4, 0.5) is 14.6 Å². The van der Waals surface area contributed by atoms with Crippen LogP contribution < -0.4 is 9.62 Å². The molecule has 0 aliphatic carbocycles. The van der Waals surface area contributed by atoms with Gasteiger partial charge in [0.15, 0.2) is 10.5 Å². The molecular formula is C24H27F2N7O4S2. The average Bonchev–Trinajstić information content (AvgIpc) is 3.58. The van der Waals surface area contributed by atoms with Crippen molar-refractivity contribution in [2.45, 2.75) is 48.9 Å². The first-order valence-electron chi connectivity index (χ1n) is 12.5. The Morgan fingerprint density at radius 2 is 2.10 bits per heavy atom. The molecule has 0 aromatic carbocycles. The molecular weight excluding hydrogens is 552 g/mol. The van der Waals surface area contributed by atoms with Crippen LogP contribution in [0.25, 0.3) is 16.1 Å². The number of ether oxygens (including phenoxy) is 2. The number of nitrogens with zero attached hydrogens (tertiary/aromatic N) is 6. The second kappa shape index (κ2) is 9.72. The SMILES string of the molecule is CC1OCC1(C#N)NS(=O)(=O)c1cc(N2C[C@@H]3COCCN3[C@@H](C)C2)n2ccc(-c3nnc(C(F)F)s3)c2c1. The monoisotopic (exact) mass is 579 g/mol. The number of morpholine rings is 1. The van der Waals surface area contributed by atoms with E-state index >= 15 is 0 Å². The highest BCUT2D eigenvalue weighted by Gasteiger charge is 2.49. The molecule has 39 heavy (non-hydrogen) atoms. The summed E-state index contributed by atoms with van der Waals surface area (Å²) >= 11 is 0.763. The second-order valence-electron chi connectivity index (χ2n) is 10.1. The Morgan fingerprint density at radius 3 is 2.77 bits per heavy atom.